The number of hydrogen-bond acceptors (Lipinski definition) is 7. The highest BCUT2D eigenvalue weighted by Gasteiger charge is 2.25. The van der Waals surface area contributed by atoms with Crippen molar-refractivity contribution in [2.24, 2.45) is 0 Å². The molecular weight excluding hydrogens is 314 g/mol. The first-order valence-electron chi connectivity index (χ1n) is 8.24. The Kier molecular flexibility index (Phi) is 9.18. The smallest absolute Gasteiger partial charge is 0.328 e. The van der Waals surface area contributed by atoms with Gasteiger partial charge < -0.3 is 25.5 Å². The molecule has 0 heterocycles. The molecule has 1 aliphatic carbocycles. The van der Waals surface area contributed by atoms with Crippen molar-refractivity contribution in [1.82, 2.24) is 10.6 Å². The molecule has 0 saturated heterocycles. The molecule has 1 fully saturated rings. The fraction of sp³-hybridized carbons (Fsp3) is 0.750. The zero-order valence-corrected chi connectivity index (χ0v) is 14.3. The Labute approximate surface area is 142 Å². The summed E-state index contributed by atoms with van der Waals surface area (Å²) in [6.45, 7) is 2.33. The minimum absolute atomic E-state index is 0.00870. The lowest BCUT2D eigenvalue weighted by Crippen LogP contribution is -2.46. The summed E-state index contributed by atoms with van der Waals surface area (Å²) in [4.78, 5) is 35.3. The van der Waals surface area contributed by atoms with Crippen LogP contribution in [0.5, 0.6) is 0 Å². The van der Waals surface area contributed by atoms with Gasteiger partial charge in [0.15, 0.2) is 5.78 Å². The van der Waals surface area contributed by atoms with Gasteiger partial charge in [-0.3, -0.25) is 9.59 Å². The van der Waals surface area contributed by atoms with Gasteiger partial charge in [-0.15, -0.1) is 0 Å². The van der Waals surface area contributed by atoms with Crippen molar-refractivity contribution in [2.75, 3.05) is 20.3 Å². The molecule has 0 aliphatic heterocycles. The van der Waals surface area contributed by atoms with E-state index in [-0.39, 0.29) is 19.4 Å². The largest absolute Gasteiger partial charge is 0.463 e. The first kappa shape index (κ1) is 20.2. The Morgan fingerprint density at radius 1 is 1.33 bits per heavy atom. The van der Waals surface area contributed by atoms with E-state index in [1.165, 1.54) is 13.5 Å². The van der Waals surface area contributed by atoms with E-state index in [1.54, 1.807) is 6.92 Å². The summed E-state index contributed by atoms with van der Waals surface area (Å²) in [5.74, 6) is -1.44. The first-order chi connectivity index (χ1) is 11.5. The topological polar surface area (TPSA) is 118 Å². The predicted octanol–water partition coefficient (Wildman–Crippen LogP) is 0.190. The van der Waals surface area contributed by atoms with E-state index in [9.17, 15) is 14.4 Å². The third-order valence-corrected chi connectivity index (χ3v) is 4.05. The number of Topliss-reactive ketones (excluding diaryl/α,β-unsaturated/α-hetero) is 1. The van der Waals surface area contributed by atoms with Gasteiger partial charge in [-0.05, 0) is 26.2 Å². The van der Waals surface area contributed by atoms with Crippen LogP contribution >= 0.6 is 0 Å². The summed E-state index contributed by atoms with van der Waals surface area (Å²) in [6.07, 6.45) is 3.59. The van der Waals surface area contributed by atoms with Crippen LogP contribution in [0.2, 0.25) is 0 Å². The number of rotatable bonds is 12. The number of esters is 1. The van der Waals surface area contributed by atoms with Crippen molar-refractivity contribution in [3.63, 3.8) is 0 Å². The molecule has 1 rings (SSSR count). The second-order valence-corrected chi connectivity index (χ2v) is 5.84. The zero-order chi connectivity index (χ0) is 17.9. The van der Waals surface area contributed by atoms with Crippen LogP contribution in [0.1, 0.15) is 39.0 Å². The van der Waals surface area contributed by atoms with E-state index in [0.29, 0.717) is 18.8 Å². The van der Waals surface area contributed by atoms with Gasteiger partial charge in [-0.25, -0.2) is 4.79 Å². The second-order valence-electron chi connectivity index (χ2n) is 5.84. The minimum Gasteiger partial charge on any atom is -0.463 e. The summed E-state index contributed by atoms with van der Waals surface area (Å²) in [5.41, 5.74) is 0. The fourth-order valence-electron chi connectivity index (χ4n) is 2.13. The molecule has 8 heteroatoms. The van der Waals surface area contributed by atoms with E-state index >= 15 is 0 Å². The number of amides is 1. The van der Waals surface area contributed by atoms with Crippen LogP contribution in [0.4, 0.5) is 0 Å². The van der Waals surface area contributed by atoms with Crippen LogP contribution < -0.4 is 10.6 Å². The molecule has 0 aromatic carbocycles. The van der Waals surface area contributed by atoms with E-state index in [1.807, 2.05) is 0 Å². The van der Waals surface area contributed by atoms with Crippen molar-refractivity contribution < 1.29 is 23.9 Å². The molecule has 0 radical (unpaired) electrons. The molecular formula is C16H27N3O5. The first-order valence-corrected chi connectivity index (χ1v) is 8.24. The second kappa shape index (κ2) is 10.9. The van der Waals surface area contributed by atoms with Crippen LogP contribution in [-0.4, -0.2) is 62.3 Å². The normalized spacial score (nSPS) is 16.6. The SMILES string of the molecule is CO[C@H](C)C(=O)N[C@@H](CCC(=O)C=N)C(=O)OCCNC1CCC1. The fourth-order valence-corrected chi connectivity index (χ4v) is 2.13. The van der Waals surface area contributed by atoms with E-state index in [4.69, 9.17) is 14.9 Å². The quantitative estimate of drug-likeness (QED) is 0.265. The van der Waals surface area contributed by atoms with Crippen molar-refractivity contribution in [2.45, 2.75) is 57.2 Å². The summed E-state index contributed by atoms with van der Waals surface area (Å²) < 4.78 is 10.1. The van der Waals surface area contributed by atoms with Crippen LogP contribution in [-0.2, 0) is 23.9 Å². The Hall–Kier alpha value is -1.80. The Morgan fingerprint density at radius 2 is 2.04 bits per heavy atom. The van der Waals surface area contributed by atoms with Crippen molar-refractivity contribution in [3.05, 3.63) is 0 Å². The number of ketones is 1. The molecule has 3 N–H and O–H groups in total. The number of ether oxygens (including phenoxy) is 2. The maximum atomic E-state index is 12.1. The highest BCUT2D eigenvalue weighted by Crippen LogP contribution is 2.17. The van der Waals surface area contributed by atoms with Crippen LogP contribution in [0, 0.1) is 5.41 Å². The number of nitrogens with one attached hydrogen (secondary N) is 3. The van der Waals surface area contributed by atoms with Crippen LogP contribution in [0.25, 0.3) is 0 Å². The van der Waals surface area contributed by atoms with Gasteiger partial charge in [-0.1, -0.05) is 6.42 Å². The third-order valence-electron chi connectivity index (χ3n) is 4.05. The molecule has 0 aromatic heterocycles. The summed E-state index contributed by atoms with van der Waals surface area (Å²) in [6, 6.07) is -0.422. The maximum absolute atomic E-state index is 12.1. The number of hydrogen-bond donors (Lipinski definition) is 3. The highest BCUT2D eigenvalue weighted by atomic mass is 16.5. The predicted molar refractivity (Wildman–Crippen MR) is 88.0 cm³/mol. The van der Waals surface area contributed by atoms with Gasteiger partial charge in [-0.2, -0.15) is 0 Å². The molecule has 2 atom stereocenters. The van der Waals surface area contributed by atoms with Crippen LogP contribution in [0.15, 0.2) is 0 Å². The average Bonchev–Trinajstić information content (AvgIpc) is 2.54. The molecule has 8 nitrogen and oxygen atoms in total. The number of carbonyl (C=O) groups excluding carboxylic acids is 3. The van der Waals surface area contributed by atoms with Crippen molar-refractivity contribution in [1.29, 1.82) is 5.41 Å². The molecule has 0 bridgehead atoms. The lowest BCUT2D eigenvalue weighted by Gasteiger charge is -2.26. The van der Waals surface area contributed by atoms with Gasteiger partial charge in [0.05, 0.1) is 6.21 Å². The van der Waals surface area contributed by atoms with Gasteiger partial charge in [0.25, 0.3) is 0 Å². The molecule has 1 saturated carbocycles. The molecule has 1 aliphatic rings. The lowest BCUT2D eigenvalue weighted by atomic mass is 9.93. The average molecular weight is 341 g/mol. The standard InChI is InChI=1S/C16H27N3O5/c1-11(23-2)15(21)19-14(7-6-13(20)10-17)16(22)24-9-8-18-12-4-3-5-12/h10-12,14,17-18H,3-9H2,1-2H3,(H,19,21)/t11-,14+/m1/s1. The molecule has 0 unspecified atom stereocenters. The Morgan fingerprint density at radius 3 is 2.58 bits per heavy atom. The van der Waals surface area contributed by atoms with Crippen LogP contribution in [0.3, 0.4) is 0 Å². The van der Waals surface area contributed by atoms with Gasteiger partial charge in [0.2, 0.25) is 5.91 Å². The van der Waals surface area contributed by atoms with E-state index < -0.39 is 29.8 Å². The number of carbonyl (C=O) groups is 3. The van der Waals surface area contributed by atoms with Gasteiger partial charge >= 0.3 is 5.97 Å². The summed E-state index contributed by atoms with van der Waals surface area (Å²) >= 11 is 0. The Balaban J connectivity index is 2.43. The number of methoxy groups -OCH3 is 1. The maximum Gasteiger partial charge on any atom is 0.328 e. The monoisotopic (exact) mass is 341 g/mol. The Bertz CT molecular complexity index is 451. The third kappa shape index (κ3) is 7.18. The van der Waals surface area contributed by atoms with E-state index in [0.717, 1.165) is 12.8 Å². The minimum atomic E-state index is -0.928. The van der Waals surface area contributed by atoms with E-state index in [2.05, 4.69) is 10.6 Å². The summed E-state index contributed by atoms with van der Waals surface area (Å²) in [5, 5.41) is 12.7. The molecule has 0 aromatic rings. The molecule has 136 valence electrons. The van der Waals surface area contributed by atoms with Gasteiger partial charge in [0.1, 0.15) is 18.8 Å². The highest BCUT2D eigenvalue weighted by molar-refractivity contribution is 6.26. The van der Waals surface area contributed by atoms with Crippen molar-refractivity contribution >= 4 is 23.9 Å². The molecule has 24 heavy (non-hydrogen) atoms. The lowest BCUT2D eigenvalue weighted by molar-refractivity contribution is -0.149. The van der Waals surface area contributed by atoms with Crippen molar-refractivity contribution in [3.8, 4) is 0 Å². The molecule has 1 amide bonds. The molecule has 0 spiro atoms. The van der Waals surface area contributed by atoms with Gasteiger partial charge in [0, 0.05) is 26.1 Å². The zero-order valence-electron chi connectivity index (χ0n) is 14.3. The summed E-state index contributed by atoms with van der Waals surface area (Å²) in [7, 11) is 1.39.